The van der Waals surface area contributed by atoms with Gasteiger partial charge in [0, 0.05) is 23.6 Å². The first-order valence-electron chi connectivity index (χ1n) is 11.0. The third kappa shape index (κ3) is 7.17. The average molecular weight is 532 g/mol. The molecule has 0 saturated heterocycles. The maximum Gasteiger partial charge on any atom is 0.155 e. The fourth-order valence-electron chi connectivity index (χ4n) is 3.74. The van der Waals surface area contributed by atoms with E-state index in [1.165, 1.54) is 6.26 Å². The zero-order valence-electron chi connectivity index (χ0n) is 19.9. The molecule has 0 aliphatic carbocycles. The molecule has 3 rings (SSSR count). The Bertz CT molecular complexity index is 1330. The number of sulfone groups is 1. The quantitative estimate of drug-likeness (QED) is 0.330. The number of nitrogens with zero attached hydrogens (tertiary/aromatic N) is 3. The van der Waals surface area contributed by atoms with Crippen LogP contribution in [0.1, 0.15) is 47.6 Å². The van der Waals surface area contributed by atoms with Crippen molar-refractivity contribution >= 4 is 33.0 Å². The number of hydrogen-bond donors (Lipinski definition) is 0. The molecule has 0 atom stereocenters. The summed E-state index contributed by atoms with van der Waals surface area (Å²) in [5.41, 5.74) is 3.90. The Morgan fingerprint density at radius 1 is 1.09 bits per heavy atom. The number of aromatic nitrogens is 2. The van der Waals surface area contributed by atoms with Crippen LogP contribution >= 0.6 is 23.2 Å². The van der Waals surface area contributed by atoms with Crippen LogP contribution in [0.3, 0.4) is 0 Å². The van der Waals surface area contributed by atoms with E-state index in [-0.39, 0.29) is 12.4 Å². The summed E-state index contributed by atoms with van der Waals surface area (Å²) in [7, 11) is -3.18. The molecule has 35 heavy (non-hydrogen) atoms. The molecule has 184 valence electrons. The molecule has 1 heterocycles. The van der Waals surface area contributed by atoms with Crippen LogP contribution in [0.4, 0.5) is 0 Å². The number of halogens is 2. The lowest BCUT2D eigenvalue weighted by molar-refractivity contribution is 0.341. The Morgan fingerprint density at radius 3 is 2.43 bits per heavy atom. The van der Waals surface area contributed by atoms with E-state index < -0.39 is 15.3 Å². The van der Waals surface area contributed by atoms with Gasteiger partial charge in [-0.1, -0.05) is 49.7 Å². The normalized spacial score (nSPS) is 11.8. The maximum atomic E-state index is 11.5. The van der Waals surface area contributed by atoms with Gasteiger partial charge in [-0.3, -0.25) is 0 Å². The second-order valence-electron chi connectivity index (χ2n) is 8.84. The van der Waals surface area contributed by atoms with E-state index in [0.717, 1.165) is 28.8 Å². The van der Waals surface area contributed by atoms with Crippen molar-refractivity contribution in [2.24, 2.45) is 0 Å². The zero-order valence-corrected chi connectivity index (χ0v) is 22.2. The van der Waals surface area contributed by atoms with Gasteiger partial charge in [-0.25, -0.2) is 18.4 Å². The predicted molar refractivity (Wildman–Crippen MR) is 139 cm³/mol. The molecule has 0 N–H and O–H groups in total. The summed E-state index contributed by atoms with van der Waals surface area (Å²) >= 11 is 12.2. The second kappa shape index (κ2) is 11.4. The van der Waals surface area contributed by atoms with Gasteiger partial charge in [0.1, 0.15) is 24.3 Å². The first-order valence-corrected chi connectivity index (χ1v) is 14.0. The lowest BCUT2D eigenvalue weighted by Gasteiger charge is -2.27. The number of hydrogen-bond acceptors (Lipinski definition) is 6. The van der Waals surface area contributed by atoms with Gasteiger partial charge < -0.3 is 4.74 Å². The Labute approximate surface area is 216 Å². The van der Waals surface area contributed by atoms with Crippen LogP contribution in [0, 0.1) is 11.3 Å². The Kier molecular flexibility index (Phi) is 8.76. The van der Waals surface area contributed by atoms with Crippen molar-refractivity contribution < 1.29 is 13.2 Å². The maximum absolute atomic E-state index is 11.5. The molecule has 0 saturated carbocycles. The van der Waals surface area contributed by atoms with Crippen molar-refractivity contribution in [3.63, 3.8) is 0 Å². The number of ether oxygens (including phenoxy) is 1. The monoisotopic (exact) mass is 531 g/mol. The van der Waals surface area contributed by atoms with Crippen LogP contribution in [0.2, 0.25) is 5.02 Å². The largest absolute Gasteiger partial charge is 0.489 e. The molecule has 0 aliphatic heterocycles. The summed E-state index contributed by atoms with van der Waals surface area (Å²) in [5.74, 6) is 0.813. The topological polar surface area (TPSA) is 92.9 Å². The summed E-state index contributed by atoms with van der Waals surface area (Å²) < 4.78 is 28.6. The van der Waals surface area contributed by atoms with Crippen LogP contribution in [0.15, 0.2) is 48.7 Å². The lowest BCUT2D eigenvalue weighted by Crippen LogP contribution is -2.19. The Morgan fingerprint density at radius 2 is 1.80 bits per heavy atom. The first kappa shape index (κ1) is 26.9. The van der Waals surface area contributed by atoms with E-state index in [0.29, 0.717) is 34.5 Å². The highest BCUT2D eigenvalue weighted by Crippen LogP contribution is 2.38. The fraction of sp³-hybridized carbons (Fsp3) is 0.346. The summed E-state index contributed by atoms with van der Waals surface area (Å²) in [6, 6.07) is 15.9. The smallest absolute Gasteiger partial charge is 0.155 e. The second-order valence-corrected chi connectivity index (χ2v) is 11.8. The number of alkyl halides is 1. The van der Waals surface area contributed by atoms with Crippen LogP contribution in [-0.2, 0) is 33.8 Å². The molecule has 0 unspecified atom stereocenters. The van der Waals surface area contributed by atoms with Crippen LogP contribution in [-0.4, -0.2) is 37.1 Å². The van der Waals surface area contributed by atoms with Crippen LogP contribution in [0.5, 0.6) is 5.75 Å². The van der Waals surface area contributed by atoms with Gasteiger partial charge in [-0.05, 0) is 47.7 Å². The molecule has 0 aliphatic rings. The first-order chi connectivity index (χ1) is 16.5. The van der Waals surface area contributed by atoms with Crippen molar-refractivity contribution in [2.45, 2.75) is 37.9 Å². The highest BCUT2D eigenvalue weighted by atomic mass is 35.5. The summed E-state index contributed by atoms with van der Waals surface area (Å²) in [4.78, 5) is 8.43. The molecule has 0 fully saturated rings. The van der Waals surface area contributed by atoms with Gasteiger partial charge in [0.05, 0.1) is 16.5 Å². The third-order valence-electron chi connectivity index (χ3n) is 5.71. The van der Waals surface area contributed by atoms with Gasteiger partial charge in [-0.15, -0.1) is 11.6 Å². The Balaban J connectivity index is 1.75. The van der Waals surface area contributed by atoms with Crippen molar-refractivity contribution in [1.82, 2.24) is 9.97 Å². The highest BCUT2D eigenvalue weighted by molar-refractivity contribution is 7.89. The van der Waals surface area contributed by atoms with Crippen molar-refractivity contribution in [3.05, 3.63) is 87.5 Å². The van der Waals surface area contributed by atoms with E-state index in [9.17, 15) is 13.7 Å². The molecular weight excluding hydrogens is 505 g/mol. The van der Waals surface area contributed by atoms with Gasteiger partial charge in [0.25, 0.3) is 0 Å². The van der Waals surface area contributed by atoms with Crippen LogP contribution in [0.25, 0.3) is 0 Å². The predicted octanol–water partition coefficient (Wildman–Crippen LogP) is 5.27. The third-order valence-corrected chi connectivity index (χ3v) is 6.93. The van der Waals surface area contributed by atoms with E-state index in [2.05, 4.69) is 54.2 Å². The van der Waals surface area contributed by atoms with E-state index in [1.807, 2.05) is 12.1 Å². The Hall–Kier alpha value is -2.66. The molecule has 0 amide bonds. The minimum atomic E-state index is -3.18. The SMILES string of the molecule is CC(C)(c1ccc(CCc2ccnc(CS(C)(=O)=O)n2)cc1)c1cc(Cl)c(OCCCl)c(C#N)c1. The van der Waals surface area contributed by atoms with Crippen LogP contribution < -0.4 is 4.74 Å². The number of benzene rings is 2. The van der Waals surface area contributed by atoms with E-state index in [4.69, 9.17) is 27.9 Å². The number of nitriles is 1. The van der Waals surface area contributed by atoms with E-state index >= 15 is 0 Å². The standard InChI is InChI=1S/C26H27Cl2N3O3S/c1-26(2,21-14-19(16-29)25(23(28)15-21)34-13-11-27)20-7-4-18(5-8-20)6-9-22-10-12-30-24(31-22)17-35(3,32)33/h4-5,7-8,10,12,14-15H,6,9,11,13,17H2,1-3H3. The van der Waals surface area contributed by atoms with Crippen molar-refractivity contribution in [2.75, 3.05) is 18.7 Å². The summed E-state index contributed by atoms with van der Waals surface area (Å²) in [5, 5.41) is 9.99. The van der Waals surface area contributed by atoms with Gasteiger partial charge in [0.15, 0.2) is 15.6 Å². The fourth-order valence-corrected chi connectivity index (χ4v) is 4.70. The minimum absolute atomic E-state index is 0.165. The van der Waals surface area contributed by atoms with E-state index in [1.54, 1.807) is 12.3 Å². The molecule has 1 aromatic heterocycles. The average Bonchev–Trinajstić information content (AvgIpc) is 2.81. The van der Waals surface area contributed by atoms with Gasteiger partial charge in [0.2, 0.25) is 0 Å². The molecule has 6 nitrogen and oxygen atoms in total. The molecule has 0 bridgehead atoms. The molecule has 2 aromatic carbocycles. The summed E-state index contributed by atoms with van der Waals surface area (Å²) in [6.45, 7) is 4.44. The van der Waals surface area contributed by atoms with Gasteiger partial charge >= 0.3 is 0 Å². The number of aryl methyl sites for hydroxylation is 2. The zero-order chi connectivity index (χ0) is 25.6. The lowest BCUT2D eigenvalue weighted by atomic mass is 9.77. The minimum Gasteiger partial charge on any atom is -0.489 e. The molecule has 3 aromatic rings. The molecule has 0 radical (unpaired) electrons. The summed E-state index contributed by atoms with van der Waals surface area (Å²) in [6.07, 6.45) is 4.20. The molecule has 0 spiro atoms. The van der Waals surface area contributed by atoms with Crippen molar-refractivity contribution in [3.8, 4) is 11.8 Å². The number of rotatable bonds is 10. The molecular formula is C26H27Cl2N3O3S. The van der Waals surface area contributed by atoms with Gasteiger partial charge in [-0.2, -0.15) is 5.26 Å². The van der Waals surface area contributed by atoms with Crippen molar-refractivity contribution in [1.29, 1.82) is 5.26 Å². The molecule has 9 heteroatoms. The highest BCUT2D eigenvalue weighted by Gasteiger charge is 2.26.